The van der Waals surface area contributed by atoms with Crippen LogP contribution in [0.5, 0.6) is 11.5 Å². The maximum absolute atomic E-state index is 13.5. The Hall–Kier alpha value is -3.68. The molecule has 0 spiro atoms. The van der Waals surface area contributed by atoms with E-state index in [1.807, 2.05) is 29.3 Å². The van der Waals surface area contributed by atoms with Crippen LogP contribution in [0.3, 0.4) is 0 Å². The van der Waals surface area contributed by atoms with Gasteiger partial charge in [0.2, 0.25) is 12.7 Å². The number of para-hydroxylation sites is 2. The molecule has 8 nitrogen and oxygen atoms in total. The van der Waals surface area contributed by atoms with Crippen molar-refractivity contribution in [3.05, 3.63) is 59.3 Å². The number of amides is 2. The fourth-order valence-electron chi connectivity index (χ4n) is 5.09. The molecule has 2 amide bonds. The summed E-state index contributed by atoms with van der Waals surface area (Å²) in [5, 5.41) is 1.12. The second kappa shape index (κ2) is 9.90. The molecule has 0 saturated carbocycles. The number of aromatic nitrogens is 1. The van der Waals surface area contributed by atoms with Crippen molar-refractivity contribution >= 4 is 22.9 Å². The molecule has 8 heteroatoms. The van der Waals surface area contributed by atoms with E-state index in [0.717, 1.165) is 28.5 Å². The van der Waals surface area contributed by atoms with Crippen molar-refractivity contribution in [2.24, 2.45) is 0 Å². The summed E-state index contributed by atoms with van der Waals surface area (Å²) in [6, 6.07) is 12.2. The van der Waals surface area contributed by atoms with Crippen LogP contribution in [0.2, 0.25) is 0 Å². The zero-order valence-electron chi connectivity index (χ0n) is 20.2. The van der Waals surface area contributed by atoms with Crippen molar-refractivity contribution in [3.8, 4) is 11.5 Å². The number of aryl methyl sites for hydroxylation is 1. The molecule has 0 bridgehead atoms. The van der Waals surface area contributed by atoms with Crippen LogP contribution in [0.15, 0.2) is 42.6 Å². The molecule has 2 aliphatic heterocycles. The molecule has 3 aromatic rings. The van der Waals surface area contributed by atoms with Gasteiger partial charge in [0.1, 0.15) is 0 Å². The van der Waals surface area contributed by atoms with Gasteiger partial charge in [0.25, 0.3) is 0 Å². The number of piperazine rings is 1. The Kier molecular flexibility index (Phi) is 6.53. The number of nitrogens with one attached hydrogen (secondary N) is 1. The third kappa shape index (κ3) is 4.40. The highest BCUT2D eigenvalue weighted by atomic mass is 16.7. The van der Waals surface area contributed by atoms with E-state index in [2.05, 4.69) is 30.1 Å². The van der Waals surface area contributed by atoms with Gasteiger partial charge in [-0.3, -0.25) is 4.79 Å². The van der Waals surface area contributed by atoms with Crippen LogP contribution in [-0.2, 0) is 16.0 Å². The number of rotatable bonds is 6. The van der Waals surface area contributed by atoms with Crippen molar-refractivity contribution in [2.45, 2.75) is 32.6 Å². The minimum absolute atomic E-state index is 0.0519. The molecule has 1 atom stereocenters. The summed E-state index contributed by atoms with van der Waals surface area (Å²) in [5.41, 5.74) is 4.36. The van der Waals surface area contributed by atoms with Crippen LogP contribution >= 0.6 is 0 Å². The van der Waals surface area contributed by atoms with E-state index in [4.69, 9.17) is 14.2 Å². The summed E-state index contributed by atoms with van der Waals surface area (Å²) in [7, 11) is 0. The van der Waals surface area contributed by atoms with E-state index in [-0.39, 0.29) is 24.7 Å². The van der Waals surface area contributed by atoms with Crippen LogP contribution in [0, 0.1) is 0 Å². The van der Waals surface area contributed by atoms with Gasteiger partial charge in [0, 0.05) is 61.2 Å². The summed E-state index contributed by atoms with van der Waals surface area (Å²) in [6.07, 6.45) is 2.92. The van der Waals surface area contributed by atoms with Crippen molar-refractivity contribution in [1.82, 2.24) is 14.8 Å². The molecule has 1 unspecified atom stereocenters. The molecule has 184 valence electrons. The van der Waals surface area contributed by atoms with Gasteiger partial charge >= 0.3 is 6.09 Å². The molecule has 1 saturated heterocycles. The standard InChI is InChI=1S/C27H31N3O5/c1-3-18-7-5-8-19-22(16-28-25(18)19)21(20-9-6-10-23-26(20)35-17-34-23)15-24(31)29-11-13-30(14-12-29)27(32)33-4-2/h5-10,16,21,28H,3-4,11-15,17H2,1-2H3. The number of hydrogen-bond donors (Lipinski definition) is 1. The summed E-state index contributed by atoms with van der Waals surface area (Å²) in [6.45, 7) is 6.38. The predicted octanol–water partition coefficient (Wildman–Crippen LogP) is 4.28. The van der Waals surface area contributed by atoms with E-state index in [9.17, 15) is 9.59 Å². The van der Waals surface area contributed by atoms with Crippen LogP contribution in [0.1, 0.15) is 42.9 Å². The lowest BCUT2D eigenvalue weighted by Gasteiger charge is -2.34. The molecular weight excluding hydrogens is 446 g/mol. The predicted molar refractivity (Wildman–Crippen MR) is 132 cm³/mol. The fraction of sp³-hybridized carbons (Fsp3) is 0.407. The molecule has 2 aromatic carbocycles. The van der Waals surface area contributed by atoms with Gasteiger partial charge in [-0.25, -0.2) is 4.79 Å². The van der Waals surface area contributed by atoms with Crippen LogP contribution in [0.4, 0.5) is 4.79 Å². The number of H-pyrrole nitrogens is 1. The molecule has 1 fully saturated rings. The van der Waals surface area contributed by atoms with Crippen molar-refractivity contribution in [1.29, 1.82) is 0 Å². The van der Waals surface area contributed by atoms with Crippen LogP contribution in [-0.4, -0.2) is 66.4 Å². The first kappa shape index (κ1) is 23.1. The van der Waals surface area contributed by atoms with Crippen LogP contribution < -0.4 is 9.47 Å². The molecule has 5 rings (SSSR count). The van der Waals surface area contributed by atoms with E-state index in [1.54, 1.807) is 11.8 Å². The summed E-state index contributed by atoms with van der Waals surface area (Å²) in [4.78, 5) is 32.6. The number of fused-ring (bicyclic) bond motifs is 2. The fourth-order valence-corrected chi connectivity index (χ4v) is 5.09. The number of aromatic amines is 1. The summed E-state index contributed by atoms with van der Waals surface area (Å²) < 4.78 is 16.6. The van der Waals surface area contributed by atoms with Gasteiger partial charge in [0.15, 0.2) is 11.5 Å². The average Bonchev–Trinajstić information content (AvgIpc) is 3.54. The second-order valence-corrected chi connectivity index (χ2v) is 8.84. The largest absolute Gasteiger partial charge is 0.454 e. The molecule has 3 heterocycles. The van der Waals surface area contributed by atoms with E-state index < -0.39 is 0 Å². The minimum Gasteiger partial charge on any atom is -0.454 e. The Morgan fingerprint density at radius 1 is 1.00 bits per heavy atom. The molecule has 1 N–H and O–H groups in total. The highest BCUT2D eigenvalue weighted by Gasteiger charge is 2.31. The number of benzene rings is 2. The van der Waals surface area contributed by atoms with Crippen molar-refractivity contribution < 1.29 is 23.8 Å². The minimum atomic E-state index is -0.319. The Balaban J connectivity index is 1.44. The normalized spacial score (nSPS) is 15.9. The van der Waals surface area contributed by atoms with Crippen molar-refractivity contribution in [3.63, 3.8) is 0 Å². The van der Waals surface area contributed by atoms with E-state index in [0.29, 0.717) is 50.7 Å². The molecular formula is C27H31N3O5. The number of carbonyl (C=O) groups is 2. The Bertz CT molecular complexity index is 1230. The lowest BCUT2D eigenvalue weighted by atomic mass is 9.86. The number of ether oxygens (including phenoxy) is 3. The Morgan fingerprint density at radius 2 is 1.77 bits per heavy atom. The molecule has 0 aliphatic carbocycles. The Labute approximate surface area is 204 Å². The average molecular weight is 478 g/mol. The molecule has 1 aromatic heterocycles. The highest BCUT2D eigenvalue weighted by molar-refractivity contribution is 5.88. The first-order chi connectivity index (χ1) is 17.1. The monoisotopic (exact) mass is 477 g/mol. The zero-order valence-corrected chi connectivity index (χ0v) is 20.2. The van der Waals surface area contributed by atoms with Gasteiger partial charge in [-0.1, -0.05) is 37.3 Å². The van der Waals surface area contributed by atoms with E-state index in [1.165, 1.54) is 5.56 Å². The first-order valence-corrected chi connectivity index (χ1v) is 12.3. The molecule has 35 heavy (non-hydrogen) atoms. The first-order valence-electron chi connectivity index (χ1n) is 12.3. The van der Waals surface area contributed by atoms with Crippen molar-refractivity contribution in [2.75, 3.05) is 39.6 Å². The number of hydrogen-bond acceptors (Lipinski definition) is 5. The van der Waals surface area contributed by atoms with Crippen LogP contribution in [0.25, 0.3) is 10.9 Å². The Morgan fingerprint density at radius 3 is 2.54 bits per heavy atom. The van der Waals surface area contributed by atoms with Gasteiger partial charge in [-0.2, -0.15) is 0 Å². The quantitative estimate of drug-likeness (QED) is 0.573. The van der Waals surface area contributed by atoms with Gasteiger partial charge < -0.3 is 29.0 Å². The zero-order chi connectivity index (χ0) is 24.4. The third-order valence-electron chi connectivity index (χ3n) is 6.93. The molecule has 0 radical (unpaired) electrons. The van der Waals surface area contributed by atoms with Gasteiger partial charge in [-0.15, -0.1) is 0 Å². The maximum atomic E-state index is 13.5. The summed E-state index contributed by atoms with van der Waals surface area (Å²) >= 11 is 0. The summed E-state index contributed by atoms with van der Waals surface area (Å²) in [5.74, 6) is 1.26. The third-order valence-corrected chi connectivity index (χ3v) is 6.93. The van der Waals surface area contributed by atoms with E-state index >= 15 is 0 Å². The van der Waals surface area contributed by atoms with Gasteiger partial charge in [-0.05, 0) is 30.5 Å². The lowest BCUT2D eigenvalue weighted by molar-refractivity contribution is -0.133. The molecule has 2 aliphatic rings. The SMILES string of the molecule is CCOC(=O)N1CCN(C(=O)CC(c2cccc3c2OCO3)c2c[nH]c3c(CC)cccc23)CC1. The smallest absolute Gasteiger partial charge is 0.409 e. The number of nitrogens with zero attached hydrogens (tertiary/aromatic N) is 2. The lowest BCUT2D eigenvalue weighted by Crippen LogP contribution is -2.50. The maximum Gasteiger partial charge on any atom is 0.409 e. The second-order valence-electron chi connectivity index (χ2n) is 8.84. The highest BCUT2D eigenvalue weighted by Crippen LogP contribution is 2.44. The number of carbonyl (C=O) groups excluding carboxylic acids is 2. The van der Waals surface area contributed by atoms with Gasteiger partial charge in [0.05, 0.1) is 6.61 Å². The topological polar surface area (TPSA) is 84.1 Å².